The number of rotatable bonds is 12. The van der Waals surface area contributed by atoms with Crippen LogP contribution in [0.3, 0.4) is 0 Å². The van der Waals surface area contributed by atoms with Gasteiger partial charge in [-0.2, -0.15) is 0 Å². The van der Waals surface area contributed by atoms with E-state index in [1.807, 2.05) is 10.6 Å². The minimum atomic E-state index is -1.75. The molecule has 29 heavy (non-hydrogen) atoms. The van der Waals surface area contributed by atoms with Crippen LogP contribution in [0.15, 0.2) is 0 Å². The SMILES string of the molecule is CC(NC(=O)C(N)CC(=O)O)C(=O)NC(CC(=O)O)C(=O)NC(C(=O)O)C(C)O. The highest BCUT2D eigenvalue weighted by Crippen LogP contribution is 2.00. The van der Waals surface area contributed by atoms with Crippen molar-refractivity contribution in [2.45, 2.75) is 57.0 Å². The van der Waals surface area contributed by atoms with E-state index in [0.717, 1.165) is 6.92 Å². The van der Waals surface area contributed by atoms with E-state index in [0.29, 0.717) is 0 Å². The Morgan fingerprint density at radius 1 is 0.793 bits per heavy atom. The second-order valence-electron chi connectivity index (χ2n) is 6.16. The summed E-state index contributed by atoms with van der Waals surface area (Å²) in [5.74, 6) is -7.57. The van der Waals surface area contributed by atoms with E-state index in [1.165, 1.54) is 6.92 Å². The van der Waals surface area contributed by atoms with Gasteiger partial charge in [-0.25, -0.2) is 4.79 Å². The second-order valence-corrected chi connectivity index (χ2v) is 6.16. The van der Waals surface area contributed by atoms with Gasteiger partial charge in [-0.15, -0.1) is 0 Å². The van der Waals surface area contributed by atoms with Gasteiger partial charge in [-0.3, -0.25) is 24.0 Å². The predicted molar refractivity (Wildman–Crippen MR) is 93.3 cm³/mol. The summed E-state index contributed by atoms with van der Waals surface area (Å²) in [5.41, 5.74) is 5.35. The summed E-state index contributed by atoms with van der Waals surface area (Å²) in [6.45, 7) is 2.26. The highest BCUT2D eigenvalue weighted by atomic mass is 16.4. The van der Waals surface area contributed by atoms with Crippen LogP contribution in [0.4, 0.5) is 0 Å². The number of aliphatic carboxylic acids is 3. The zero-order valence-corrected chi connectivity index (χ0v) is 15.6. The quantitative estimate of drug-likeness (QED) is 0.152. The smallest absolute Gasteiger partial charge is 0.328 e. The monoisotopic (exact) mass is 420 g/mol. The first-order chi connectivity index (χ1) is 13.3. The van der Waals surface area contributed by atoms with Crippen molar-refractivity contribution in [1.82, 2.24) is 16.0 Å². The Kier molecular flexibility index (Phi) is 10.3. The Hall–Kier alpha value is -3.26. The summed E-state index contributed by atoms with van der Waals surface area (Å²) >= 11 is 0. The molecule has 0 aliphatic carbocycles. The summed E-state index contributed by atoms with van der Waals surface area (Å²) in [4.78, 5) is 68.6. The van der Waals surface area contributed by atoms with Crippen molar-refractivity contribution in [3.8, 4) is 0 Å². The molecule has 0 radical (unpaired) electrons. The molecule has 14 nitrogen and oxygen atoms in total. The lowest BCUT2D eigenvalue weighted by Crippen LogP contribution is -2.58. The highest BCUT2D eigenvalue weighted by Gasteiger charge is 2.32. The molecule has 0 aromatic heterocycles. The third kappa shape index (κ3) is 9.48. The summed E-state index contributed by atoms with van der Waals surface area (Å²) in [5, 5.41) is 41.9. The molecule has 3 amide bonds. The molecule has 0 aliphatic heterocycles. The minimum absolute atomic E-state index is 0.694. The van der Waals surface area contributed by atoms with Gasteiger partial charge in [0.05, 0.1) is 25.0 Å². The number of nitrogens with one attached hydrogen (secondary N) is 3. The summed E-state index contributed by atoms with van der Waals surface area (Å²) in [7, 11) is 0. The van der Waals surface area contributed by atoms with Crippen LogP contribution in [0.1, 0.15) is 26.7 Å². The molecule has 164 valence electrons. The Labute approximate surface area is 164 Å². The third-order valence-corrected chi connectivity index (χ3v) is 3.54. The van der Waals surface area contributed by atoms with Crippen molar-refractivity contribution in [3.63, 3.8) is 0 Å². The first kappa shape index (κ1) is 25.7. The average Bonchev–Trinajstić information content (AvgIpc) is 2.56. The molecule has 0 saturated heterocycles. The fourth-order valence-corrected chi connectivity index (χ4v) is 1.99. The Bertz CT molecular complexity index is 665. The number of carbonyl (C=O) groups excluding carboxylic acids is 3. The molecule has 0 fully saturated rings. The lowest BCUT2D eigenvalue weighted by Gasteiger charge is -2.23. The molecule has 14 heteroatoms. The van der Waals surface area contributed by atoms with Gasteiger partial charge in [-0.1, -0.05) is 0 Å². The van der Waals surface area contributed by atoms with Gasteiger partial charge >= 0.3 is 17.9 Å². The molecule has 5 unspecified atom stereocenters. The van der Waals surface area contributed by atoms with Crippen LogP contribution in [0.5, 0.6) is 0 Å². The summed E-state index contributed by atoms with van der Waals surface area (Å²) in [6, 6.07) is -6.23. The number of hydrogen-bond donors (Lipinski definition) is 8. The van der Waals surface area contributed by atoms with Crippen LogP contribution < -0.4 is 21.7 Å². The highest BCUT2D eigenvalue weighted by molar-refractivity contribution is 5.95. The van der Waals surface area contributed by atoms with Gasteiger partial charge in [0.15, 0.2) is 6.04 Å². The number of amides is 3. The molecule has 0 saturated carbocycles. The van der Waals surface area contributed by atoms with Crippen LogP contribution in [0.2, 0.25) is 0 Å². The van der Waals surface area contributed by atoms with Crippen molar-refractivity contribution in [1.29, 1.82) is 0 Å². The fraction of sp³-hybridized carbons (Fsp3) is 0.600. The van der Waals surface area contributed by atoms with Gasteiger partial charge in [0.25, 0.3) is 0 Å². The van der Waals surface area contributed by atoms with Gasteiger partial charge in [0.2, 0.25) is 17.7 Å². The third-order valence-electron chi connectivity index (χ3n) is 3.54. The van der Waals surface area contributed by atoms with E-state index in [-0.39, 0.29) is 0 Å². The molecule has 0 aliphatic rings. The maximum absolute atomic E-state index is 12.2. The second kappa shape index (κ2) is 11.6. The lowest BCUT2D eigenvalue weighted by atomic mass is 10.1. The molecule has 0 bridgehead atoms. The maximum Gasteiger partial charge on any atom is 0.328 e. The van der Waals surface area contributed by atoms with E-state index in [9.17, 15) is 33.9 Å². The van der Waals surface area contributed by atoms with Crippen molar-refractivity contribution in [3.05, 3.63) is 0 Å². The zero-order valence-electron chi connectivity index (χ0n) is 15.6. The van der Waals surface area contributed by atoms with Crippen LogP contribution >= 0.6 is 0 Å². The largest absolute Gasteiger partial charge is 0.481 e. The normalized spacial score (nSPS) is 15.7. The zero-order chi connectivity index (χ0) is 22.9. The molecule has 0 spiro atoms. The number of aliphatic hydroxyl groups excluding tert-OH is 1. The van der Waals surface area contributed by atoms with Gasteiger partial charge in [0, 0.05) is 0 Å². The van der Waals surface area contributed by atoms with Crippen molar-refractivity contribution in [2.75, 3.05) is 0 Å². The van der Waals surface area contributed by atoms with E-state index < -0.39 is 78.7 Å². The maximum atomic E-state index is 12.2. The number of carboxylic acids is 3. The standard InChI is InChI=1S/C15H24N4O10/c1-5(17-13(26)7(16)3-9(21)22)12(25)18-8(4-10(23)24)14(27)19-11(6(2)20)15(28)29/h5-8,11,20H,3-4,16H2,1-2H3,(H,17,26)(H,18,25)(H,19,27)(H,21,22)(H,23,24)(H,28,29). The Morgan fingerprint density at radius 2 is 1.31 bits per heavy atom. The first-order valence-corrected chi connectivity index (χ1v) is 8.27. The van der Waals surface area contributed by atoms with E-state index in [1.54, 1.807) is 0 Å². The minimum Gasteiger partial charge on any atom is -0.481 e. The predicted octanol–water partition coefficient (Wildman–Crippen LogP) is -3.80. The number of carboxylic acid groups (broad SMARTS) is 3. The van der Waals surface area contributed by atoms with Crippen molar-refractivity contribution in [2.24, 2.45) is 5.73 Å². The van der Waals surface area contributed by atoms with Crippen molar-refractivity contribution >= 4 is 35.6 Å². The lowest BCUT2D eigenvalue weighted by molar-refractivity contribution is -0.146. The van der Waals surface area contributed by atoms with Crippen molar-refractivity contribution < 1.29 is 49.2 Å². The van der Waals surface area contributed by atoms with Crippen LogP contribution in [0.25, 0.3) is 0 Å². The Balaban J connectivity index is 5.12. The van der Waals surface area contributed by atoms with E-state index >= 15 is 0 Å². The molecule has 9 N–H and O–H groups in total. The van der Waals surface area contributed by atoms with Crippen LogP contribution in [-0.4, -0.2) is 86.3 Å². The summed E-state index contributed by atoms with van der Waals surface area (Å²) in [6.07, 6.45) is -3.12. The molecular weight excluding hydrogens is 396 g/mol. The van der Waals surface area contributed by atoms with E-state index in [4.69, 9.17) is 21.1 Å². The molecule has 0 aromatic carbocycles. The van der Waals surface area contributed by atoms with Gasteiger partial charge < -0.3 is 42.1 Å². The Morgan fingerprint density at radius 3 is 1.72 bits per heavy atom. The first-order valence-electron chi connectivity index (χ1n) is 8.27. The summed E-state index contributed by atoms with van der Waals surface area (Å²) < 4.78 is 0. The van der Waals surface area contributed by atoms with Gasteiger partial charge in [0.1, 0.15) is 12.1 Å². The van der Waals surface area contributed by atoms with Gasteiger partial charge in [-0.05, 0) is 13.8 Å². The van der Waals surface area contributed by atoms with Crippen LogP contribution in [0, 0.1) is 0 Å². The number of hydrogen-bond acceptors (Lipinski definition) is 8. The fourth-order valence-electron chi connectivity index (χ4n) is 1.99. The van der Waals surface area contributed by atoms with E-state index in [2.05, 4.69) is 5.32 Å². The number of aliphatic hydroxyl groups is 1. The molecular formula is C15H24N4O10. The number of carbonyl (C=O) groups is 6. The average molecular weight is 420 g/mol. The topological polar surface area (TPSA) is 245 Å². The molecule has 0 heterocycles. The number of nitrogens with two attached hydrogens (primary N) is 1. The van der Waals surface area contributed by atoms with Crippen LogP contribution in [-0.2, 0) is 28.8 Å². The molecule has 0 rings (SSSR count). The molecule has 5 atom stereocenters. The molecule has 0 aromatic rings.